The molecule has 1 aliphatic heterocycles. The normalized spacial score (nSPS) is 26.9. The van der Waals surface area contributed by atoms with Crippen LogP contribution in [-0.4, -0.2) is 60.9 Å². The molecule has 2 atom stereocenters. The molecule has 2 aliphatic carbocycles. The zero-order valence-corrected chi connectivity index (χ0v) is 25.6. The van der Waals surface area contributed by atoms with Gasteiger partial charge >= 0.3 is 24.0 Å². The lowest BCUT2D eigenvalue weighted by Gasteiger charge is -2.44. The summed E-state index contributed by atoms with van der Waals surface area (Å²) in [6.07, 6.45) is -15.2. The number of rotatable bonds is 6. The van der Waals surface area contributed by atoms with Crippen LogP contribution in [0.25, 0.3) is 0 Å². The number of aliphatic carboxylic acids is 1. The van der Waals surface area contributed by atoms with Crippen molar-refractivity contribution in [1.29, 1.82) is 0 Å². The number of hydrogen-bond acceptors (Lipinski definition) is 4. The van der Waals surface area contributed by atoms with Gasteiger partial charge in [0.1, 0.15) is 10.6 Å². The lowest BCUT2D eigenvalue weighted by molar-refractivity contribution is -0.348. The Kier molecular flexibility index (Phi) is 8.49. The van der Waals surface area contributed by atoms with Gasteiger partial charge in [0.05, 0.1) is 16.9 Å². The van der Waals surface area contributed by atoms with Crippen molar-refractivity contribution in [2.75, 3.05) is 6.54 Å². The molecule has 6 nitrogen and oxygen atoms in total. The first-order chi connectivity index (χ1) is 21.7. The van der Waals surface area contributed by atoms with Crippen LogP contribution in [0.3, 0.4) is 0 Å². The van der Waals surface area contributed by atoms with Crippen molar-refractivity contribution in [3.05, 3.63) is 64.5 Å². The number of carboxylic acids is 1. The first-order valence-corrected chi connectivity index (χ1v) is 16.4. The van der Waals surface area contributed by atoms with Crippen LogP contribution in [0.5, 0.6) is 0 Å². The second kappa shape index (κ2) is 11.4. The summed E-state index contributed by atoms with van der Waals surface area (Å²) in [6.45, 7) is 1.21. The lowest BCUT2D eigenvalue weighted by Crippen LogP contribution is -2.56. The van der Waals surface area contributed by atoms with E-state index in [-0.39, 0.29) is 48.4 Å². The molecule has 2 unspecified atom stereocenters. The number of aryl methyl sites for hydroxylation is 2. The molecule has 1 saturated heterocycles. The van der Waals surface area contributed by atoms with Crippen molar-refractivity contribution in [2.24, 2.45) is 5.92 Å². The second-order valence-corrected chi connectivity index (χ2v) is 14.6. The van der Waals surface area contributed by atoms with Crippen LogP contribution >= 0.6 is 0 Å². The third-order valence-electron chi connectivity index (χ3n) is 10.0. The van der Waals surface area contributed by atoms with Crippen LogP contribution in [0.15, 0.2) is 41.3 Å². The maximum absolute atomic E-state index is 16.2. The lowest BCUT2D eigenvalue weighted by atomic mass is 9.76. The summed E-state index contributed by atoms with van der Waals surface area (Å²) in [6, 6.07) is 2.83. The average molecular weight is 700 g/mol. The highest BCUT2D eigenvalue weighted by atomic mass is 32.2. The quantitative estimate of drug-likeness (QED) is 0.333. The van der Waals surface area contributed by atoms with Crippen molar-refractivity contribution >= 4 is 21.7 Å². The first kappa shape index (κ1) is 35.0. The summed E-state index contributed by atoms with van der Waals surface area (Å²) in [7, 11) is -4.84. The summed E-state index contributed by atoms with van der Waals surface area (Å²) in [4.78, 5) is 25.6. The fraction of sp³-hybridized carbons (Fsp3) is 0.548. The molecule has 258 valence electrons. The number of carboxylic acid groups (broad SMARTS) is 1. The Morgan fingerprint density at radius 1 is 0.936 bits per heavy atom. The molecule has 16 heteroatoms. The van der Waals surface area contributed by atoms with Crippen LogP contribution in [0.4, 0.5) is 39.5 Å². The Morgan fingerprint density at radius 3 is 2.09 bits per heavy atom. The van der Waals surface area contributed by atoms with Crippen LogP contribution in [-0.2, 0) is 42.7 Å². The predicted octanol–water partition coefficient (Wildman–Crippen LogP) is 6.88. The summed E-state index contributed by atoms with van der Waals surface area (Å²) < 4.78 is 155. The number of halogens is 9. The third kappa shape index (κ3) is 5.19. The molecule has 0 aromatic heterocycles. The number of nitrogens with zero attached hydrogens (tertiary/aromatic N) is 1. The van der Waals surface area contributed by atoms with Crippen LogP contribution in [0.1, 0.15) is 67.7 Å². The number of carbonyl (C=O) groups excluding carboxylic acids is 1. The van der Waals surface area contributed by atoms with Gasteiger partial charge < -0.3 is 10.0 Å². The van der Waals surface area contributed by atoms with Gasteiger partial charge in [-0.25, -0.2) is 21.6 Å². The van der Waals surface area contributed by atoms with E-state index >= 15 is 8.78 Å². The Morgan fingerprint density at radius 2 is 1.55 bits per heavy atom. The van der Waals surface area contributed by atoms with Crippen LogP contribution in [0.2, 0.25) is 0 Å². The largest absolute Gasteiger partial charge is 0.481 e. The summed E-state index contributed by atoms with van der Waals surface area (Å²) in [5, 5.41) is 9.29. The van der Waals surface area contributed by atoms with Crippen molar-refractivity contribution < 1.29 is 62.6 Å². The molecular weight excluding hydrogens is 669 g/mol. The fourth-order valence-corrected chi connectivity index (χ4v) is 9.84. The molecule has 2 aromatic rings. The highest BCUT2D eigenvalue weighted by Crippen LogP contribution is 2.57. The molecule has 0 spiro atoms. The van der Waals surface area contributed by atoms with Gasteiger partial charge in [-0.3, -0.25) is 9.59 Å². The van der Waals surface area contributed by atoms with Gasteiger partial charge in [-0.1, -0.05) is 31.2 Å². The number of sulfone groups is 1. The molecule has 1 N–H and O–H groups in total. The molecular formula is C31H30F9NO5S. The number of hydrogen-bond donors (Lipinski definition) is 1. The number of alkyl halides is 8. The van der Waals surface area contributed by atoms with Crippen molar-refractivity contribution in [2.45, 2.75) is 97.7 Å². The van der Waals surface area contributed by atoms with E-state index in [1.54, 1.807) is 6.92 Å². The van der Waals surface area contributed by atoms with E-state index < -0.39 is 111 Å². The van der Waals surface area contributed by atoms with E-state index in [1.807, 2.05) is 0 Å². The number of amides is 1. The SMILES string of the molecule is CCc1ccc(S(=O)(=O)C23CCN(C(=O)[C@]4(F)CC[C@@H](C(=O)O)CC4)C2CCc2cc(C(F)(C(F)(F)F)C(F)(F)F)ccc23)cc1F. The molecule has 1 saturated carbocycles. The Hall–Kier alpha value is -3.30. The van der Waals surface area contributed by atoms with E-state index in [2.05, 4.69) is 0 Å². The number of fused-ring (bicyclic) bond motifs is 3. The van der Waals surface area contributed by atoms with E-state index in [4.69, 9.17) is 0 Å². The number of carbonyl (C=O) groups is 2. The highest BCUT2D eigenvalue weighted by Gasteiger charge is 2.74. The highest BCUT2D eigenvalue weighted by molar-refractivity contribution is 7.92. The second-order valence-electron chi connectivity index (χ2n) is 12.4. The molecule has 0 bridgehead atoms. The summed E-state index contributed by atoms with van der Waals surface area (Å²) in [5.41, 5.74) is -10.7. The minimum Gasteiger partial charge on any atom is -0.481 e. The van der Waals surface area contributed by atoms with Crippen molar-refractivity contribution in [1.82, 2.24) is 4.90 Å². The molecule has 1 amide bonds. The third-order valence-corrected chi connectivity index (χ3v) is 12.6. The Bertz CT molecular complexity index is 1690. The van der Waals surface area contributed by atoms with Gasteiger partial charge in [-0.2, -0.15) is 26.3 Å². The molecule has 2 aromatic carbocycles. The van der Waals surface area contributed by atoms with Gasteiger partial charge in [-0.05, 0) is 80.2 Å². The average Bonchev–Trinajstić information content (AvgIpc) is 3.40. The molecule has 2 fully saturated rings. The van der Waals surface area contributed by atoms with Crippen LogP contribution in [0, 0.1) is 11.7 Å². The molecule has 47 heavy (non-hydrogen) atoms. The van der Waals surface area contributed by atoms with Gasteiger partial charge in [0.2, 0.25) is 0 Å². The maximum Gasteiger partial charge on any atom is 0.435 e. The smallest absolute Gasteiger partial charge is 0.435 e. The molecule has 3 aliphatic rings. The van der Waals surface area contributed by atoms with Crippen molar-refractivity contribution in [3.8, 4) is 0 Å². The zero-order valence-electron chi connectivity index (χ0n) is 24.8. The van der Waals surface area contributed by atoms with E-state index in [0.717, 1.165) is 17.0 Å². The summed E-state index contributed by atoms with van der Waals surface area (Å²) in [5.74, 6) is -4.07. The van der Waals surface area contributed by atoms with E-state index in [1.165, 1.54) is 6.07 Å². The summed E-state index contributed by atoms with van der Waals surface area (Å²) >= 11 is 0. The fourth-order valence-electron chi connectivity index (χ4n) is 7.46. The minimum atomic E-state index is -6.43. The van der Waals surface area contributed by atoms with Crippen molar-refractivity contribution in [3.63, 3.8) is 0 Å². The van der Waals surface area contributed by atoms with Gasteiger partial charge in [0.25, 0.3) is 5.91 Å². The number of likely N-dealkylation sites (tertiary alicyclic amines) is 1. The molecule has 5 rings (SSSR count). The minimum absolute atomic E-state index is 0.157. The first-order valence-electron chi connectivity index (χ1n) is 14.9. The van der Waals surface area contributed by atoms with Gasteiger partial charge in [0, 0.05) is 12.1 Å². The number of benzene rings is 2. The van der Waals surface area contributed by atoms with Gasteiger partial charge in [0.15, 0.2) is 15.5 Å². The van der Waals surface area contributed by atoms with Gasteiger partial charge in [-0.15, -0.1) is 0 Å². The van der Waals surface area contributed by atoms with E-state index in [9.17, 15) is 53.8 Å². The van der Waals surface area contributed by atoms with E-state index in [0.29, 0.717) is 12.1 Å². The molecule has 1 heterocycles. The Balaban J connectivity index is 1.66. The Labute approximate surface area is 263 Å². The monoisotopic (exact) mass is 699 g/mol. The zero-order chi connectivity index (χ0) is 35.0. The predicted molar refractivity (Wildman–Crippen MR) is 148 cm³/mol. The molecule has 0 radical (unpaired) electrons. The topological polar surface area (TPSA) is 91.8 Å². The van der Waals surface area contributed by atoms with Crippen LogP contribution < -0.4 is 0 Å². The maximum atomic E-state index is 16.2. The standard InChI is InChI=1S/C31H30F9NO5S/c1-2-17-3-6-21(16-23(17)32)47(45,46)28-13-14-41(26(44)27(33)11-9-18(10-12-27)25(42)43)24(28)8-4-19-15-20(5-7-22(19)28)29(34,30(35,36)37)31(38,39)40/h3,5-7,15-16,18,24H,2,4,8-14H2,1H3,(H,42,43)/t18-,24?,27+,28?.